The Bertz CT molecular complexity index is 722. The van der Waals surface area contributed by atoms with Gasteiger partial charge in [-0.1, -0.05) is 6.07 Å². The number of rotatable bonds is 5. The van der Waals surface area contributed by atoms with Crippen molar-refractivity contribution in [2.24, 2.45) is 0 Å². The summed E-state index contributed by atoms with van der Waals surface area (Å²) in [7, 11) is -3.57. The molecule has 2 aromatic rings. The van der Waals surface area contributed by atoms with E-state index in [9.17, 15) is 8.42 Å². The van der Waals surface area contributed by atoms with Crippen molar-refractivity contribution in [3.8, 4) is 0 Å². The van der Waals surface area contributed by atoms with Crippen molar-refractivity contribution in [1.29, 1.82) is 0 Å². The van der Waals surface area contributed by atoms with Gasteiger partial charge in [0.15, 0.2) is 0 Å². The molecule has 1 heterocycles. The SMILES string of the molecule is Cc1ccc(N)c(C)c1S(=O)(=O)NC(C)Cc1ccsc1. The van der Waals surface area contributed by atoms with Crippen LogP contribution in [0.3, 0.4) is 0 Å². The molecule has 0 spiro atoms. The van der Waals surface area contributed by atoms with Crippen molar-refractivity contribution in [1.82, 2.24) is 4.72 Å². The Morgan fingerprint density at radius 2 is 2.00 bits per heavy atom. The summed E-state index contributed by atoms with van der Waals surface area (Å²) in [6.45, 7) is 5.39. The van der Waals surface area contributed by atoms with E-state index in [4.69, 9.17) is 5.73 Å². The second-order valence-electron chi connectivity index (χ2n) is 5.28. The lowest BCUT2D eigenvalue weighted by atomic mass is 10.1. The van der Waals surface area contributed by atoms with Gasteiger partial charge in [-0.15, -0.1) is 0 Å². The molecule has 0 aliphatic heterocycles. The molecule has 0 aliphatic rings. The van der Waals surface area contributed by atoms with Crippen LogP contribution in [0.25, 0.3) is 0 Å². The molecule has 0 saturated heterocycles. The summed E-state index contributed by atoms with van der Waals surface area (Å²) in [4.78, 5) is 0.291. The molecule has 0 fully saturated rings. The summed E-state index contributed by atoms with van der Waals surface area (Å²) in [5.74, 6) is 0. The van der Waals surface area contributed by atoms with E-state index in [0.717, 1.165) is 5.56 Å². The second-order valence-corrected chi connectivity index (χ2v) is 7.71. The molecule has 0 bridgehead atoms. The van der Waals surface area contributed by atoms with Gasteiger partial charge in [0.1, 0.15) is 0 Å². The molecule has 6 heteroatoms. The van der Waals surface area contributed by atoms with Gasteiger partial charge in [0, 0.05) is 11.7 Å². The zero-order chi connectivity index (χ0) is 15.6. The van der Waals surface area contributed by atoms with Crippen LogP contribution in [0.15, 0.2) is 33.9 Å². The molecule has 114 valence electrons. The fourth-order valence-electron chi connectivity index (χ4n) is 2.38. The first-order chi connectivity index (χ1) is 9.81. The topological polar surface area (TPSA) is 72.2 Å². The number of aryl methyl sites for hydroxylation is 1. The summed E-state index contributed by atoms with van der Waals surface area (Å²) in [5.41, 5.74) is 8.77. The van der Waals surface area contributed by atoms with Crippen LogP contribution in [0.5, 0.6) is 0 Å². The minimum absolute atomic E-state index is 0.176. The Labute approximate surface area is 130 Å². The van der Waals surface area contributed by atoms with Crippen LogP contribution in [0.4, 0.5) is 5.69 Å². The highest BCUT2D eigenvalue weighted by atomic mass is 32.2. The fourth-order valence-corrected chi connectivity index (χ4v) is 4.81. The molecular formula is C15H20N2O2S2. The first-order valence-electron chi connectivity index (χ1n) is 6.70. The van der Waals surface area contributed by atoms with E-state index in [2.05, 4.69) is 4.72 Å². The summed E-state index contributed by atoms with van der Waals surface area (Å²) in [6.07, 6.45) is 0.670. The van der Waals surface area contributed by atoms with Crippen molar-refractivity contribution in [3.05, 3.63) is 45.6 Å². The smallest absolute Gasteiger partial charge is 0.241 e. The van der Waals surface area contributed by atoms with E-state index < -0.39 is 10.0 Å². The first kappa shape index (κ1) is 16.0. The lowest BCUT2D eigenvalue weighted by molar-refractivity contribution is 0.559. The van der Waals surface area contributed by atoms with Crippen LogP contribution < -0.4 is 10.5 Å². The maximum Gasteiger partial charge on any atom is 0.241 e. The molecule has 0 amide bonds. The van der Waals surface area contributed by atoms with Gasteiger partial charge in [-0.2, -0.15) is 11.3 Å². The lowest BCUT2D eigenvalue weighted by Gasteiger charge is -2.17. The third-order valence-corrected chi connectivity index (χ3v) is 6.00. The number of nitrogen functional groups attached to an aromatic ring is 1. The zero-order valence-corrected chi connectivity index (χ0v) is 14.0. The number of hydrogen-bond donors (Lipinski definition) is 2. The average Bonchev–Trinajstić information content (AvgIpc) is 2.85. The molecule has 1 aromatic carbocycles. The van der Waals surface area contributed by atoms with E-state index in [1.54, 1.807) is 37.3 Å². The summed E-state index contributed by atoms with van der Waals surface area (Å²) < 4.78 is 27.9. The third kappa shape index (κ3) is 3.64. The number of sulfonamides is 1. The van der Waals surface area contributed by atoms with Crippen molar-refractivity contribution in [2.45, 2.75) is 38.1 Å². The van der Waals surface area contributed by atoms with Gasteiger partial charge in [0.25, 0.3) is 0 Å². The second kappa shape index (κ2) is 6.17. The van der Waals surface area contributed by atoms with Crippen LogP contribution in [0.2, 0.25) is 0 Å². The third-order valence-electron chi connectivity index (χ3n) is 3.39. The largest absolute Gasteiger partial charge is 0.398 e. The van der Waals surface area contributed by atoms with Gasteiger partial charge in [-0.05, 0) is 66.8 Å². The minimum Gasteiger partial charge on any atom is -0.398 e. The number of anilines is 1. The molecule has 21 heavy (non-hydrogen) atoms. The number of nitrogens with one attached hydrogen (secondary N) is 1. The molecule has 4 nitrogen and oxygen atoms in total. The summed E-state index contributed by atoms with van der Waals surface area (Å²) in [6, 6.07) is 5.30. The molecule has 0 aliphatic carbocycles. The van der Waals surface area contributed by atoms with Crippen LogP contribution in [-0.2, 0) is 16.4 Å². The predicted octanol–water partition coefficient (Wildman–Crippen LogP) is 2.86. The van der Waals surface area contributed by atoms with Crippen LogP contribution >= 0.6 is 11.3 Å². The maximum atomic E-state index is 12.6. The van der Waals surface area contributed by atoms with Gasteiger partial charge in [-0.3, -0.25) is 0 Å². The Hall–Kier alpha value is -1.37. The van der Waals surface area contributed by atoms with Gasteiger partial charge in [0.2, 0.25) is 10.0 Å². The number of benzene rings is 1. The fraction of sp³-hybridized carbons (Fsp3) is 0.333. The van der Waals surface area contributed by atoms with Crippen LogP contribution in [0.1, 0.15) is 23.6 Å². The highest BCUT2D eigenvalue weighted by Crippen LogP contribution is 2.25. The van der Waals surface area contributed by atoms with Crippen molar-refractivity contribution < 1.29 is 8.42 Å². The van der Waals surface area contributed by atoms with E-state index in [0.29, 0.717) is 28.1 Å². The molecule has 1 unspecified atom stereocenters. The lowest BCUT2D eigenvalue weighted by Crippen LogP contribution is -2.34. The standard InChI is InChI=1S/C15H20N2O2S2/c1-10-4-5-14(16)12(3)15(10)21(18,19)17-11(2)8-13-6-7-20-9-13/h4-7,9,11,17H,8,16H2,1-3H3. The van der Waals surface area contributed by atoms with Crippen LogP contribution in [-0.4, -0.2) is 14.5 Å². The van der Waals surface area contributed by atoms with E-state index in [1.165, 1.54) is 0 Å². The molecule has 0 saturated carbocycles. The predicted molar refractivity (Wildman–Crippen MR) is 88.1 cm³/mol. The zero-order valence-electron chi connectivity index (χ0n) is 12.4. The molecule has 1 atom stereocenters. The molecule has 2 rings (SSSR count). The van der Waals surface area contributed by atoms with E-state index in [1.807, 2.05) is 23.8 Å². The normalized spacial score (nSPS) is 13.3. The number of nitrogens with two attached hydrogens (primary N) is 1. The molecule has 0 radical (unpaired) electrons. The van der Waals surface area contributed by atoms with E-state index >= 15 is 0 Å². The number of thiophene rings is 1. The van der Waals surface area contributed by atoms with Crippen molar-refractivity contribution in [2.75, 3.05) is 5.73 Å². The van der Waals surface area contributed by atoms with Gasteiger partial charge < -0.3 is 5.73 Å². The first-order valence-corrected chi connectivity index (χ1v) is 9.13. The highest BCUT2D eigenvalue weighted by Gasteiger charge is 2.22. The quantitative estimate of drug-likeness (QED) is 0.831. The maximum absolute atomic E-state index is 12.6. The molecule has 3 N–H and O–H groups in total. The minimum atomic E-state index is -3.57. The van der Waals surface area contributed by atoms with E-state index in [-0.39, 0.29) is 6.04 Å². The molecule has 1 aromatic heterocycles. The Morgan fingerprint density at radius 1 is 1.29 bits per heavy atom. The van der Waals surface area contributed by atoms with Gasteiger partial charge >= 0.3 is 0 Å². The summed E-state index contributed by atoms with van der Waals surface area (Å²) in [5, 5.41) is 4.02. The Morgan fingerprint density at radius 3 is 2.62 bits per heavy atom. The Kier molecular flexibility index (Phi) is 4.70. The summed E-state index contributed by atoms with van der Waals surface area (Å²) >= 11 is 1.61. The number of hydrogen-bond acceptors (Lipinski definition) is 4. The molecular weight excluding hydrogens is 304 g/mol. The van der Waals surface area contributed by atoms with Gasteiger partial charge in [0.05, 0.1) is 4.90 Å². The highest BCUT2D eigenvalue weighted by molar-refractivity contribution is 7.89. The monoisotopic (exact) mass is 324 g/mol. The van der Waals surface area contributed by atoms with Crippen LogP contribution in [0, 0.1) is 13.8 Å². The van der Waals surface area contributed by atoms with Gasteiger partial charge in [-0.25, -0.2) is 13.1 Å². The average molecular weight is 324 g/mol. The van der Waals surface area contributed by atoms with Crippen molar-refractivity contribution >= 4 is 27.0 Å². The van der Waals surface area contributed by atoms with Crippen molar-refractivity contribution in [3.63, 3.8) is 0 Å². The Balaban J connectivity index is 2.25.